The van der Waals surface area contributed by atoms with Crippen molar-refractivity contribution in [2.75, 3.05) is 126 Å². The summed E-state index contributed by atoms with van der Waals surface area (Å²) in [6.07, 6.45) is 0. The predicted octanol–water partition coefficient (Wildman–Crippen LogP) is 4.60. The van der Waals surface area contributed by atoms with Crippen molar-refractivity contribution in [2.24, 2.45) is 27.4 Å². The van der Waals surface area contributed by atoms with Gasteiger partial charge < -0.3 is 69.1 Å². The first kappa shape index (κ1) is 73.9. The van der Waals surface area contributed by atoms with Crippen LogP contribution in [0.25, 0.3) is 0 Å². The molecule has 0 saturated carbocycles. The lowest BCUT2D eigenvalue weighted by Gasteiger charge is -2.38. The summed E-state index contributed by atoms with van der Waals surface area (Å²) < 4.78 is 50.3. The van der Waals surface area contributed by atoms with Crippen molar-refractivity contribution in [2.45, 2.75) is 112 Å². The molecule has 0 aromatic rings. The highest BCUT2D eigenvalue weighted by molar-refractivity contribution is 9.11. The molecule has 1 unspecified atom stereocenters. The van der Waals surface area contributed by atoms with E-state index in [0.29, 0.717) is 26.4 Å². The fourth-order valence-electron chi connectivity index (χ4n) is 5.63. The Labute approximate surface area is 490 Å². The van der Waals surface area contributed by atoms with Crippen LogP contribution in [0.3, 0.4) is 0 Å². The van der Waals surface area contributed by atoms with Crippen molar-refractivity contribution < 1.29 is 85.7 Å². The zero-order valence-corrected chi connectivity index (χ0v) is 54.5. The number of nitrogens with two attached hydrogens (primary N) is 1. The van der Waals surface area contributed by atoms with Crippen LogP contribution in [0.5, 0.6) is 0 Å². The number of alkyl halides is 5. The molecule has 0 aliphatic heterocycles. The van der Waals surface area contributed by atoms with Gasteiger partial charge in [-0.2, -0.15) is 0 Å². The zero-order valence-electron chi connectivity index (χ0n) is 46.5. The van der Waals surface area contributed by atoms with Crippen molar-refractivity contribution in [3.05, 3.63) is 0 Å². The average molecular weight is 1420 g/mol. The van der Waals surface area contributed by atoms with Crippen LogP contribution in [0.4, 0.5) is 0 Å². The Morgan fingerprint density at radius 1 is 0.355 bits per heavy atom. The molecule has 76 heavy (non-hydrogen) atoms. The number of esters is 5. The average Bonchev–Trinajstić information content (AvgIpc) is 3.31. The van der Waals surface area contributed by atoms with E-state index >= 15 is 0 Å². The molecule has 0 fully saturated rings. The number of carbonyl (C=O) groups is 8. The van der Waals surface area contributed by atoms with Gasteiger partial charge in [-0.1, -0.05) is 79.6 Å². The smallest absolute Gasteiger partial charge is 0.322 e. The van der Waals surface area contributed by atoms with Gasteiger partial charge in [-0.15, -0.1) is 0 Å². The van der Waals surface area contributed by atoms with Gasteiger partial charge in [0, 0.05) is 38.7 Å². The van der Waals surface area contributed by atoms with Crippen LogP contribution in [-0.4, -0.2) is 195 Å². The van der Waals surface area contributed by atoms with Gasteiger partial charge in [0.05, 0.1) is 59.5 Å². The lowest BCUT2D eigenvalue weighted by molar-refractivity contribution is -0.161. The molecule has 0 bridgehead atoms. The normalized spacial score (nSPS) is 13.7. The van der Waals surface area contributed by atoms with Crippen LogP contribution in [-0.2, 0) is 85.7 Å². The maximum absolute atomic E-state index is 14.6. The van der Waals surface area contributed by atoms with Crippen molar-refractivity contribution in [1.82, 2.24) is 16.0 Å². The number of nitrogens with one attached hydrogen (secondary N) is 3. The van der Waals surface area contributed by atoms with E-state index in [0.717, 1.165) is 0 Å². The van der Waals surface area contributed by atoms with Gasteiger partial charge in [0.2, 0.25) is 17.7 Å². The Hall–Kier alpha value is -2.08. The second-order valence-electron chi connectivity index (χ2n) is 21.6. The van der Waals surface area contributed by atoms with E-state index in [1.807, 2.05) is 0 Å². The third-order valence-corrected chi connectivity index (χ3v) is 12.4. The number of hydrogen-bond acceptors (Lipinski definition) is 19. The molecule has 0 saturated heterocycles. The topological polar surface area (TPSA) is 291 Å². The molecule has 27 heteroatoms. The van der Waals surface area contributed by atoms with Crippen LogP contribution in [0, 0.1) is 21.7 Å². The molecule has 0 radical (unpaired) electrons. The van der Waals surface area contributed by atoms with Gasteiger partial charge in [0.15, 0.2) is 0 Å². The number of halogens is 5. The van der Waals surface area contributed by atoms with Gasteiger partial charge in [0.25, 0.3) is 0 Å². The molecule has 22 nitrogen and oxygen atoms in total. The predicted molar refractivity (Wildman–Crippen MR) is 300 cm³/mol. The fourth-order valence-corrected chi connectivity index (χ4v) is 6.21. The number of amides is 3. The highest BCUT2D eigenvalue weighted by atomic mass is 79.9. The summed E-state index contributed by atoms with van der Waals surface area (Å²) in [5, 5.41) is 8.61. The standard InChI is InChI=1S/C49H83Br5N4O18/c1-41(2,50)36(62)72-27-46(11,26-67-14)33(59)56-23-49(32-71-22-21-70-20-19-69-18-17-68-16-15-55,24-57-34(60)47(12,28-73-37(63)42(3,4)51)29-74-38(64)43(5,6)52)25-58-35(61)48(13,30-75-39(65)44(7,8)53)31-76-40(66)45(9,10)54/h15-32,55H2,1-14H3,(H,56,59)(H,57,60)(H,58,61). The summed E-state index contributed by atoms with van der Waals surface area (Å²) >= 11 is 16.3. The van der Waals surface area contributed by atoms with Crippen LogP contribution in [0.15, 0.2) is 0 Å². The highest BCUT2D eigenvalue weighted by Gasteiger charge is 2.45. The molecule has 1 atom stereocenters. The second-order valence-corrected chi connectivity index (χ2v) is 31.5. The molecule has 442 valence electrons. The van der Waals surface area contributed by atoms with Crippen molar-refractivity contribution >= 4 is 127 Å². The second kappa shape index (κ2) is 33.0. The third kappa shape index (κ3) is 28.4. The Morgan fingerprint density at radius 2 is 0.579 bits per heavy atom. The minimum atomic E-state index is -1.74. The van der Waals surface area contributed by atoms with Crippen molar-refractivity contribution in [1.29, 1.82) is 0 Å². The first-order valence-corrected chi connectivity index (χ1v) is 28.3. The molecule has 0 aromatic carbocycles. The van der Waals surface area contributed by atoms with Gasteiger partial charge in [0.1, 0.15) is 70.9 Å². The summed E-state index contributed by atoms with van der Waals surface area (Å²) in [6.45, 7) is 17.5. The Bertz CT molecular complexity index is 1750. The van der Waals surface area contributed by atoms with E-state index in [1.165, 1.54) is 27.9 Å². The summed E-state index contributed by atoms with van der Waals surface area (Å²) in [4.78, 5) is 109. The number of ether oxygens (including phenoxy) is 10. The number of carbonyl (C=O) groups excluding carboxylic acids is 8. The number of methoxy groups -OCH3 is 1. The van der Waals surface area contributed by atoms with Gasteiger partial charge >= 0.3 is 29.8 Å². The maximum atomic E-state index is 14.6. The summed E-state index contributed by atoms with van der Waals surface area (Å²) in [6, 6.07) is 0. The highest BCUT2D eigenvalue weighted by Crippen LogP contribution is 2.29. The third-order valence-electron chi connectivity index (χ3n) is 10.8. The van der Waals surface area contributed by atoms with Crippen LogP contribution in [0.2, 0.25) is 0 Å². The monoisotopic (exact) mass is 1410 g/mol. The number of hydrogen-bond donors (Lipinski definition) is 4. The van der Waals surface area contributed by atoms with E-state index in [4.69, 9.17) is 53.1 Å². The molecular formula is C49H83Br5N4O18. The van der Waals surface area contributed by atoms with Crippen molar-refractivity contribution in [3.63, 3.8) is 0 Å². The van der Waals surface area contributed by atoms with E-state index in [2.05, 4.69) is 95.6 Å². The molecule has 5 N–H and O–H groups in total. The lowest BCUT2D eigenvalue weighted by Crippen LogP contribution is -2.59. The Balaban J connectivity index is 7.61. The maximum Gasteiger partial charge on any atom is 0.322 e. The molecule has 0 aliphatic rings. The van der Waals surface area contributed by atoms with E-state index in [9.17, 15) is 38.4 Å². The summed E-state index contributed by atoms with van der Waals surface area (Å²) in [5.41, 5.74) is -1.05. The van der Waals surface area contributed by atoms with E-state index in [-0.39, 0.29) is 46.2 Å². The van der Waals surface area contributed by atoms with Crippen LogP contribution < -0.4 is 21.7 Å². The Morgan fingerprint density at radius 3 is 0.803 bits per heavy atom. The first-order valence-electron chi connectivity index (χ1n) is 24.3. The zero-order chi connectivity index (χ0) is 59.0. The van der Waals surface area contributed by atoms with Gasteiger partial charge in [-0.25, -0.2) is 0 Å². The van der Waals surface area contributed by atoms with Crippen LogP contribution >= 0.6 is 79.6 Å². The molecule has 0 spiro atoms. The van der Waals surface area contributed by atoms with Crippen LogP contribution in [0.1, 0.15) is 90.0 Å². The molecule has 0 heterocycles. The molecule has 0 aromatic heterocycles. The lowest BCUT2D eigenvalue weighted by atomic mass is 9.84. The summed E-state index contributed by atoms with van der Waals surface area (Å²) in [7, 11) is 1.36. The minimum absolute atomic E-state index is 0.0422. The molecular weight excluding hydrogens is 1330 g/mol. The quantitative estimate of drug-likeness (QED) is 0.0283. The Kier molecular flexibility index (Phi) is 32.1. The molecule has 0 aliphatic carbocycles. The minimum Gasteiger partial charge on any atom is -0.463 e. The largest absolute Gasteiger partial charge is 0.463 e. The van der Waals surface area contributed by atoms with E-state index in [1.54, 1.807) is 69.2 Å². The van der Waals surface area contributed by atoms with E-state index < -0.39 is 137 Å². The summed E-state index contributed by atoms with van der Waals surface area (Å²) in [5.74, 6) is -5.76. The van der Waals surface area contributed by atoms with Crippen molar-refractivity contribution in [3.8, 4) is 0 Å². The number of rotatable bonds is 39. The fraction of sp³-hybridized carbons (Fsp3) is 0.837. The first-order chi connectivity index (χ1) is 34.6. The molecule has 3 amide bonds. The SMILES string of the molecule is COCC(C)(COC(=O)C(C)(C)Br)C(=O)NCC(CNC(=O)C(C)(COC(=O)C(C)(C)Br)COC(=O)C(C)(C)Br)(CNC(=O)C(C)(COC(=O)C(C)(C)Br)COC(=O)C(C)(C)Br)COCCOCCOCCOCCN. The molecule has 0 rings (SSSR count). The van der Waals surface area contributed by atoms with Gasteiger partial charge in [-0.3, -0.25) is 38.4 Å². The van der Waals surface area contributed by atoms with Gasteiger partial charge in [-0.05, 0) is 90.0 Å².